The van der Waals surface area contributed by atoms with E-state index in [9.17, 15) is 14.4 Å². The summed E-state index contributed by atoms with van der Waals surface area (Å²) < 4.78 is 4.95. The zero-order chi connectivity index (χ0) is 15.0. The lowest BCUT2D eigenvalue weighted by atomic mass is 10.2. The highest BCUT2D eigenvalue weighted by Crippen LogP contribution is 2.01. The fourth-order valence-corrected chi connectivity index (χ4v) is 1.49. The smallest absolute Gasteiger partial charge is 0.408 e. The number of likely N-dealkylation sites (N-methyl/N-ethyl adjacent to an activating group) is 1. The second-order valence-corrected chi connectivity index (χ2v) is 4.04. The highest BCUT2D eigenvalue weighted by Gasteiger charge is 2.22. The Bertz CT molecular complexity index is 476. The van der Waals surface area contributed by atoms with Crippen molar-refractivity contribution in [1.82, 2.24) is 10.6 Å². The van der Waals surface area contributed by atoms with E-state index in [1.807, 2.05) is 18.2 Å². The quantitative estimate of drug-likeness (QED) is 0.675. The largest absolute Gasteiger partial charge is 0.445 e. The van der Waals surface area contributed by atoms with Crippen LogP contribution in [0.5, 0.6) is 0 Å². The molecule has 0 aliphatic heterocycles. The predicted molar refractivity (Wildman–Crippen MR) is 71.4 cm³/mol. The van der Waals surface area contributed by atoms with Gasteiger partial charge in [-0.2, -0.15) is 0 Å². The van der Waals surface area contributed by atoms with E-state index in [1.54, 1.807) is 12.1 Å². The lowest BCUT2D eigenvalue weighted by Gasteiger charge is -2.15. The second-order valence-electron chi connectivity index (χ2n) is 4.04. The number of hydrogen-bond donors (Lipinski definition) is 3. The van der Waals surface area contributed by atoms with Gasteiger partial charge in [-0.05, 0) is 5.56 Å². The maximum absolute atomic E-state index is 11.6. The zero-order valence-electron chi connectivity index (χ0n) is 11.1. The van der Waals surface area contributed by atoms with E-state index in [0.717, 1.165) is 5.56 Å². The van der Waals surface area contributed by atoms with Crippen LogP contribution in [0.1, 0.15) is 12.0 Å². The molecule has 1 aromatic rings. The van der Waals surface area contributed by atoms with Crippen molar-refractivity contribution in [1.29, 1.82) is 0 Å². The molecule has 4 N–H and O–H groups in total. The number of nitrogens with one attached hydrogen (secondary N) is 2. The number of rotatable bonds is 6. The third kappa shape index (κ3) is 5.38. The minimum absolute atomic E-state index is 0.0731. The SMILES string of the molecule is CNC(=O)[C@H](CC(N)=O)NC(=O)OCc1ccccc1. The van der Waals surface area contributed by atoms with Crippen LogP contribution in [0.25, 0.3) is 0 Å². The number of primary amides is 1. The normalized spacial score (nSPS) is 11.2. The van der Waals surface area contributed by atoms with Crippen LogP contribution in [0, 0.1) is 0 Å². The van der Waals surface area contributed by atoms with Crippen molar-refractivity contribution in [3.63, 3.8) is 0 Å². The summed E-state index contributed by atoms with van der Waals surface area (Å²) in [6.45, 7) is 0.0731. The Morgan fingerprint density at radius 1 is 1.25 bits per heavy atom. The van der Waals surface area contributed by atoms with Crippen molar-refractivity contribution < 1.29 is 19.1 Å². The van der Waals surface area contributed by atoms with Gasteiger partial charge in [0.15, 0.2) is 0 Å². The Balaban J connectivity index is 2.49. The van der Waals surface area contributed by atoms with Gasteiger partial charge in [-0.1, -0.05) is 30.3 Å². The molecule has 7 heteroatoms. The molecule has 0 bridgehead atoms. The van der Waals surface area contributed by atoms with Crippen LogP contribution in [-0.2, 0) is 20.9 Å². The molecule has 0 aromatic heterocycles. The maximum Gasteiger partial charge on any atom is 0.408 e. The van der Waals surface area contributed by atoms with Gasteiger partial charge < -0.3 is 21.1 Å². The maximum atomic E-state index is 11.6. The van der Waals surface area contributed by atoms with Gasteiger partial charge in [0.2, 0.25) is 11.8 Å². The molecule has 108 valence electrons. The molecule has 0 fully saturated rings. The molecule has 0 radical (unpaired) electrons. The average Bonchev–Trinajstić information content (AvgIpc) is 2.44. The van der Waals surface area contributed by atoms with Gasteiger partial charge in [0.1, 0.15) is 12.6 Å². The third-order valence-corrected chi connectivity index (χ3v) is 2.47. The fraction of sp³-hybridized carbons (Fsp3) is 0.308. The minimum Gasteiger partial charge on any atom is -0.445 e. The highest BCUT2D eigenvalue weighted by molar-refractivity contribution is 5.90. The summed E-state index contributed by atoms with van der Waals surface area (Å²) in [5.74, 6) is -1.21. The Morgan fingerprint density at radius 3 is 2.45 bits per heavy atom. The van der Waals surface area contributed by atoms with Gasteiger partial charge in [-0.3, -0.25) is 9.59 Å². The van der Waals surface area contributed by atoms with Crippen molar-refractivity contribution in [3.05, 3.63) is 35.9 Å². The number of benzene rings is 1. The number of amides is 3. The van der Waals surface area contributed by atoms with E-state index in [4.69, 9.17) is 10.5 Å². The fourth-order valence-electron chi connectivity index (χ4n) is 1.49. The van der Waals surface area contributed by atoms with Gasteiger partial charge in [-0.15, -0.1) is 0 Å². The second kappa shape index (κ2) is 7.78. The van der Waals surface area contributed by atoms with Crippen LogP contribution in [0.3, 0.4) is 0 Å². The first kappa shape index (κ1) is 15.5. The Labute approximate surface area is 116 Å². The number of ether oxygens (including phenoxy) is 1. The van der Waals surface area contributed by atoms with Crippen LogP contribution < -0.4 is 16.4 Å². The molecule has 0 saturated carbocycles. The summed E-state index contributed by atoms with van der Waals surface area (Å²) >= 11 is 0. The standard InChI is InChI=1S/C13H17N3O4/c1-15-12(18)10(7-11(14)17)16-13(19)20-8-9-5-3-2-4-6-9/h2-6,10H,7-8H2,1H3,(H2,14,17)(H,15,18)(H,16,19)/t10-/m0/s1. The predicted octanol–water partition coefficient (Wildman–Crippen LogP) is -0.0972. The summed E-state index contributed by atoms with van der Waals surface area (Å²) in [5, 5.41) is 4.63. The molecule has 20 heavy (non-hydrogen) atoms. The molecular formula is C13H17N3O4. The third-order valence-electron chi connectivity index (χ3n) is 2.47. The van der Waals surface area contributed by atoms with Crippen LogP contribution in [0.4, 0.5) is 4.79 Å². The summed E-state index contributed by atoms with van der Waals surface area (Å²) in [6, 6.07) is 8.03. The minimum atomic E-state index is -1.04. The topological polar surface area (TPSA) is 111 Å². The summed E-state index contributed by atoms with van der Waals surface area (Å²) in [4.78, 5) is 33.9. The van der Waals surface area contributed by atoms with Crippen LogP contribution in [0.15, 0.2) is 30.3 Å². The van der Waals surface area contributed by atoms with Crippen LogP contribution >= 0.6 is 0 Å². The molecule has 7 nitrogen and oxygen atoms in total. The number of carbonyl (C=O) groups is 3. The van der Waals surface area contributed by atoms with Gasteiger partial charge in [0, 0.05) is 7.05 Å². The van der Waals surface area contributed by atoms with Crippen molar-refractivity contribution in [2.75, 3.05) is 7.05 Å². The first-order valence-electron chi connectivity index (χ1n) is 6.00. The molecule has 0 aliphatic rings. The number of alkyl carbamates (subject to hydrolysis) is 1. The Hall–Kier alpha value is -2.57. The van der Waals surface area contributed by atoms with Crippen molar-refractivity contribution in [3.8, 4) is 0 Å². The molecule has 0 aliphatic carbocycles. The first-order chi connectivity index (χ1) is 9.52. The molecule has 1 atom stereocenters. The molecule has 0 saturated heterocycles. The Kier molecular flexibility index (Phi) is 6.02. The number of carbonyl (C=O) groups excluding carboxylic acids is 3. The van der Waals surface area contributed by atoms with Crippen molar-refractivity contribution in [2.24, 2.45) is 5.73 Å². The van der Waals surface area contributed by atoms with Gasteiger partial charge in [0.25, 0.3) is 0 Å². The van der Waals surface area contributed by atoms with E-state index >= 15 is 0 Å². The van der Waals surface area contributed by atoms with E-state index in [-0.39, 0.29) is 13.0 Å². The molecule has 1 aromatic carbocycles. The number of nitrogens with two attached hydrogens (primary N) is 1. The van der Waals surface area contributed by atoms with E-state index in [0.29, 0.717) is 0 Å². The van der Waals surface area contributed by atoms with Gasteiger partial charge in [-0.25, -0.2) is 4.79 Å². The van der Waals surface area contributed by atoms with E-state index < -0.39 is 23.9 Å². The van der Waals surface area contributed by atoms with E-state index in [2.05, 4.69) is 10.6 Å². The van der Waals surface area contributed by atoms with Gasteiger partial charge in [0.05, 0.1) is 6.42 Å². The van der Waals surface area contributed by atoms with Crippen molar-refractivity contribution in [2.45, 2.75) is 19.1 Å². The molecule has 0 unspecified atom stereocenters. The average molecular weight is 279 g/mol. The van der Waals surface area contributed by atoms with Crippen LogP contribution in [0.2, 0.25) is 0 Å². The number of hydrogen-bond acceptors (Lipinski definition) is 4. The van der Waals surface area contributed by atoms with Crippen molar-refractivity contribution >= 4 is 17.9 Å². The molecular weight excluding hydrogens is 262 g/mol. The lowest BCUT2D eigenvalue weighted by Crippen LogP contribution is -2.47. The lowest BCUT2D eigenvalue weighted by molar-refractivity contribution is -0.126. The first-order valence-corrected chi connectivity index (χ1v) is 6.00. The molecule has 1 rings (SSSR count). The van der Waals surface area contributed by atoms with Gasteiger partial charge >= 0.3 is 6.09 Å². The van der Waals surface area contributed by atoms with E-state index in [1.165, 1.54) is 7.05 Å². The van der Waals surface area contributed by atoms with Crippen LogP contribution in [-0.4, -0.2) is 31.0 Å². The summed E-state index contributed by atoms with van der Waals surface area (Å²) in [5.41, 5.74) is 5.83. The highest BCUT2D eigenvalue weighted by atomic mass is 16.5. The molecule has 0 heterocycles. The summed E-state index contributed by atoms with van der Waals surface area (Å²) in [7, 11) is 1.40. The zero-order valence-corrected chi connectivity index (χ0v) is 11.1. The molecule has 0 spiro atoms. The monoisotopic (exact) mass is 279 g/mol. The Morgan fingerprint density at radius 2 is 1.90 bits per heavy atom. The summed E-state index contributed by atoms with van der Waals surface area (Å²) in [6.07, 6.45) is -1.08. The molecule has 3 amide bonds.